The first-order valence-electron chi connectivity index (χ1n) is 7.59. The lowest BCUT2D eigenvalue weighted by Crippen LogP contribution is -2.41. The summed E-state index contributed by atoms with van der Waals surface area (Å²) in [7, 11) is -0.153. The third-order valence-electron chi connectivity index (χ3n) is 6.83. The zero-order chi connectivity index (χ0) is 14.3. The molecule has 2 bridgehead atoms. The molecule has 0 radical (unpaired) electrons. The van der Waals surface area contributed by atoms with E-state index in [0.717, 1.165) is 0 Å². The van der Waals surface area contributed by atoms with Gasteiger partial charge in [-0.25, -0.2) is 0 Å². The van der Waals surface area contributed by atoms with Crippen LogP contribution in [-0.4, -0.2) is 18.3 Å². The fourth-order valence-corrected chi connectivity index (χ4v) is 4.05. The normalized spacial score (nSPS) is 41.7. The average Bonchev–Trinajstić information content (AvgIpc) is 2.68. The molecule has 0 spiro atoms. The van der Waals surface area contributed by atoms with Crippen molar-refractivity contribution in [3.8, 4) is 0 Å². The lowest BCUT2D eigenvalue weighted by molar-refractivity contribution is 0.00578. The average molecular weight is 262 g/mol. The molecule has 1 aliphatic heterocycles. The highest BCUT2D eigenvalue weighted by molar-refractivity contribution is 6.55. The number of fused-ring (bicyclic) bond motifs is 2. The van der Waals surface area contributed by atoms with E-state index < -0.39 is 0 Å². The minimum Gasteiger partial charge on any atom is -0.400 e. The summed E-state index contributed by atoms with van der Waals surface area (Å²) in [4.78, 5) is 0. The minimum atomic E-state index is -0.235. The van der Waals surface area contributed by atoms with Crippen LogP contribution < -0.4 is 0 Å². The highest BCUT2D eigenvalue weighted by Gasteiger charge is 2.63. The van der Waals surface area contributed by atoms with E-state index in [1.807, 2.05) is 0 Å². The molecule has 2 nitrogen and oxygen atoms in total. The van der Waals surface area contributed by atoms with Crippen molar-refractivity contribution in [1.82, 2.24) is 0 Å². The molecule has 0 aromatic heterocycles. The van der Waals surface area contributed by atoms with E-state index in [9.17, 15) is 0 Å². The maximum absolute atomic E-state index is 6.27. The minimum absolute atomic E-state index is 0.153. The van der Waals surface area contributed by atoms with Gasteiger partial charge in [0.05, 0.1) is 11.2 Å². The van der Waals surface area contributed by atoms with Crippen molar-refractivity contribution in [2.75, 3.05) is 0 Å². The highest BCUT2D eigenvalue weighted by Crippen LogP contribution is 2.66. The van der Waals surface area contributed by atoms with Crippen LogP contribution in [0.3, 0.4) is 0 Å². The zero-order valence-corrected chi connectivity index (χ0v) is 13.5. The Balaban J connectivity index is 1.93. The van der Waals surface area contributed by atoms with Crippen molar-refractivity contribution >= 4 is 7.12 Å². The van der Waals surface area contributed by atoms with Crippen molar-refractivity contribution in [3.05, 3.63) is 11.5 Å². The van der Waals surface area contributed by atoms with Gasteiger partial charge in [-0.15, -0.1) is 0 Å². The molecule has 106 valence electrons. The lowest BCUT2D eigenvalue weighted by atomic mass is 9.57. The van der Waals surface area contributed by atoms with E-state index in [-0.39, 0.29) is 23.7 Å². The Hall–Kier alpha value is -0.275. The van der Waals surface area contributed by atoms with Crippen LogP contribution in [0.25, 0.3) is 0 Å². The van der Waals surface area contributed by atoms with Crippen LogP contribution in [0, 0.1) is 16.7 Å². The van der Waals surface area contributed by atoms with Gasteiger partial charge in [0.2, 0.25) is 0 Å². The summed E-state index contributed by atoms with van der Waals surface area (Å²) in [5.74, 6) is 0.687. The fourth-order valence-electron chi connectivity index (χ4n) is 4.05. The number of allylic oxidation sites excluding steroid dienone is 2. The molecule has 0 unspecified atom stereocenters. The van der Waals surface area contributed by atoms with E-state index in [2.05, 4.69) is 54.5 Å². The molecule has 1 saturated carbocycles. The Kier molecular flexibility index (Phi) is 2.51. The van der Waals surface area contributed by atoms with Crippen LogP contribution >= 0.6 is 0 Å². The molecular weight excluding hydrogens is 235 g/mol. The van der Waals surface area contributed by atoms with Crippen molar-refractivity contribution in [1.29, 1.82) is 0 Å². The Morgan fingerprint density at radius 3 is 1.89 bits per heavy atom. The summed E-state index contributed by atoms with van der Waals surface area (Å²) >= 11 is 0. The predicted octanol–water partition coefficient (Wildman–Crippen LogP) is 4.00. The molecule has 0 aromatic carbocycles. The summed E-state index contributed by atoms with van der Waals surface area (Å²) in [6, 6.07) is 0. The summed E-state index contributed by atoms with van der Waals surface area (Å²) in [5, 5.41) is 0. The second-order valence-electron chi connectivity index (χ2n) is 8.41. The van der Waals surface area contributed by atoms with Crippen molar-refractivity contribution in [2.45, 2.75) is 72.5 Å². The molecule has 3 heteroatoms. The van der Waals surface area contributed by atoms with Crippen LogP contribution in [-0.2, 0) is 9.31 Å². The summed E-state index contributed by atoms with van der Waals surface area (Å²) in [5.41, 5.74) is 1.50. The van der Waals surface area contributed by atoms with Crippen LogP contribution in [0.15, 0.2) is 11.5 Å². The summed E-state index contributed by atoms with van der Waals surface area (Å²) in [6.07, 6.45) is 5.03. The number of hydrogen-bond donors (Lipinski definition) is 0. The van der Waals surface area contributed by atoms with Gasteiger partial charge in [0.25, 0.3) is 0 Å². The molecule has 3 aliphatic rings. The van der Waals surface area contributed by atoms with Crippen LogP contribution in [0.2, 0.25) is 0 Å². The van der Waals surface area contributed by atoms with Gasteiger partial charge in [-0.1, -0.05) is 26.8 Å². The molecule has 3 rings (SSSR count). The Morgan fingerprint density at radius 1 is 1.00 bits per heavy atom. The third-order valence-corrected chi connectivity index (χ3v) is 6.83. The number of hydrogen-bond acceptors (Lipinski definition) is 2. The predicted molar refractivity (Wildman–Crippen MR) is 78.8 cm³/mol. The SMILES string of the molecule is CC1(C)OB(C2=C[C@H]3CC[C@@]2(C)C3(C)C)OC1(C)C. The second-order valence-corrected chi connectivity index (χ2v) is 8.41. The Labute approximate surface area is 118 Å². The van der Waals surface area contributed by atoms with Crippen LogP contribution in [0.4, 0.5) is 0 Å². The third kappa shape index (κ3) is 1.52. The molecule has 2 fully saturated rings. The van der Waals surface area contributed by atoms with Gasteiger partial charge in [-0.2, -0.15) is 0 Å². The molecule has 19 heavy (non-hydrogen) atoms. The van der Waals surface area contributed by atoms with Crippen LogP contribution in [0.5, 0.6) is 0 Å². The van der Waals surface area contributed by atoms with Gasteiger partial charge in [-0.05, 0) is 62.8 Å². The fraction of sp³-hybridized carbons (Fsp3) is 0.875. The van der Waals surface area contributed by atoms with Gasteiger partial charge in [0.1, 0.15) is 0 Å². The molecule has 2 atom stereocenters. The van der Waals surface area contributed by atoms with E-state index in [1.165, 1.54) is 18.3 Å². The molecular formula is C16H27BO2. The Bertz CT molecular complexity index is 434. The van der Waals surface area contributed by atoms with E-state index in [1.54, 1.807) is 0 Å². The Morgan fingerprint density at radius 2 is 1.53 bits per heavy atom. The van der Waals surface area contributed by atoms with Crippen LogP contribution in [0.1, 0.15) is 61.3 Å². The van der Waals surface area contributed by atoms with Gasteiger partial charge in [-0.3, -0.25) is 0 Å². The standard InChI is InChI=1S/C16H27BO2/c1-13(2)11-8-9-16(13,7)12(10-11)17-18-14(3,4)15(5,6)19-17/h10-11H,8-9H2,1-7H3/t11-,16-/m1/s1. The first kappa shape index (κ1) is 13.7. The van der Waals surface area contributed by atoms with Crippen molar-refractivity contribution in [3.63, 3.8) is 0 Å². The summed E-state index contributed by atoms with van der Waals surface area (Å²) < 4.78 is 12.5. The molecule has 0 N–H and O–H groups in total. The van der Waals surface area contributed by atoms with E-state index >= 15 is 0 Å². The van der Waals surface area contributed by atoms with Gasteiger partial charge >= 0.3 is 7.12 Å². The van der Waals surface area contributed by atoms with E-state index in [4.69, 9.17) is 9.31 Å². The first-order valence-corrected chi connectivity index (χ1v) is 7.59. The molecule has 0 amide bonds. The van der Waals surface area contributed by atoms with E-state index in [0.29, 0.717) is 11.3 Å². The quantitative estimate of drug-likeness (QED) is 0.665. The lowest BCUT2D eigenvalue weighted by Gasteiger charge is -2.38. The zero-order valence-electron chi connectivity index (χ0n) is 13.5. The van der Waals surface area contributed by atoms with Crippen molar-refractivity contribution in [2.24, 2.45) is 16.7 Å². The molecule has 0 aromatic rings. The molecule has 1 saturated heterocycles. The second kappa shape index (κ2) is 3.48. The van der Waals surface area contributed by atoms with Gasteiger partial charge in [0, 0.05) is 0 Å². The van der Waals surface area contributed by atoms with Gasteiger partial charge in [0.15, 0.2) is 0 Å². The van der Waals surface area contributed by atoms with Gasteiger partial charge < -0.3 is 9.31 Å². The smallest absolute Gasteiger partial charge is 0.400 e. The topological polar surface area (TPSA) is 18.5 Å². The number of rotatable bonds is 1. The largest absolute Gasteiger partial charge is 0.490 e. The monoisotopic (exact) mass is 262 g/mol. The maximum atomic E-state index is 6.27. The van der Waals surface area contributed by atoms with Crippen molar-refractivity contribution < 1.29 is 9.31 Å². The highest BCUT2D eigenvalue weighted by atomic mass is 16.7. The summed E-state index contributed by atoms with van der Waals surface area (Å²) in [6.45, 7) is 15.7. The first-order chi connectivity index (χ1) is 8.51. The molecule has 1 heterocycles. The maximum Gasteiger partial charge on any atom is 0.490 e. The molecule has 2 aliphatic carbocycles.